The molecule has 1 aromatic heterocycles. The van der Waals surface area contributed by atoms with E-state index in [2.05, 4.69) is 10.4 Å². The number of nitrogens with one attached hydrogen (secondary N) is 1. The van der Waals surface area contributed by atoms with Crippen molar-refractivity contribution in [3.8, 4) is 0 Å². The quantitative estimate of drug-likeness (QED) is 0.866. The molecule has 1 fully saturated rings. The van der Waals surface area contributed by atoms with Crippen molar-refractivity contribution in [1.29, 1.82) is 0 Å². The van der Waals surface area contributed by atoms with Crippen molar-refractivity contribution < 1.29 is 4.79 Å². The summed E-state index contributed by atoms with van der Waals surface area (Å²) in [4.78, 5) is 12.2. The molecule has 0 atom stereocenters. The zero-order chi connectivity index (χ0) is 13.0. The third-order valence-electron chi connectivity index (χ3n) is 4.04. The smallest absolute Gasteiger partial charge is 0.139 e. The van der Waals surface area contributed by atoms with Crippen LogP contribution in [0.5, 0.6) is 0 Å². The number of aromatic nitrogens is 2. The standard InChI is InChI=1S/C14H23N3O/c1-15-14(6-4-3-5-7-14)9-13(18)8-12-10-16-17(2)11-12/h10-11,15H,3-9H2,1-2H3. The van der Waals surface area contributed by atoms with Crippen LogP contribution in [0.2, 0.25) is 0 Å². The van der Waals surface area contributed by atoms with Crippen molar-refractivity contribution in [3.05, 3.63) is 18.0 Å². The van der Waals surface area contributed by atoms with E-state index in [1.807, 2.05) is 20.3 Å². The number of Topliss-reactive ketones (excluding diaryl/α,β-unsaturated/α-hetero) is 1. The highest BCUT2D eigenvalue weighted by Crippen LogP contribution is 2.31. The molecule has 1 aliphatic rings. The van der Waals surface area contributed by atoms with E-state index >= 15 is 0 Å². The largest absolute Gasteiger partial charge is 0.314 e. The molecule has 18 heavy (non-hydrogen) atoms. The first-order valence-corrected chi connectivity index (χ1v) is 6.82. The molecule has 0 spiro atoms. The van der Waals surface area contributed by atoms with Crippen LogP contribution in [-0.4, -0.2) is 28.2 Å². The minimum absolute atomic E-state index is 0.0531. The molecule has 1 heterocycles. The fourth-order valence-corrected chi connectivity index (χ4v) is 2.97. The van der Waals surface area contributed by atoms with Gasteiger partial charge in [0.15, 0.2) is 0 Å². The maximum Gasteiger partial charge on any atom is 0.139 e. The number of hydrogen-bond donors (Lipinski definition) is 1. The average molecular weight is 249 g/mol. The van der Waals surface area contributed by atoms with Gasteiger partial charge in [-0.25, -0.2) is 0 Å². The van der Waals surface area contributed by atoms with Crippen LogP contribution < -0.4 is 5.32 Å². The molecular formula is C14H23N3O. The predicted octanol–water partition coefficient (Wildman–Crippen LogP) is 1.84. The van der Waals surface area contributed by atoms with Gasteiger partial charge in [0.2, 0.25) is 0 Å². The topological polar surface area (TPSA) is 46.9 Å². The van der Waals surface area contributed by atoms with Crippen LogP contribution in [0.4, 0.5) is 0 Å². The number of aryl methyl sites for hydroxylation is 1. The Kier molecular flexibility index (Phi) is 4.17. The number of hydrogen-bond acceptors (Lipinski definition) is 3. The minimum Gasteiger partial charge on any atom is -0.314 e. The highest BCUT2D eigenvalue weighted by molar-refractivity contribution is 5.81. The molecule has 0 bridgehead atoms. The van der Waals surface area contributed by atoms with E-state index in [1.165, 1.54) is 19.3 Å². The molecular weight excluding hydrogens is 226 g/mol. The van der Waals surface area contributed by atoms with E-state index in [1.54, 1.807) is 10.9 Å². The van der Waals surface area contributed by atoms with E-state index in [-0.39, 0.29) is 5.54 Å². The summed E-state index contributed by atoms with van der Waals surface area (Å²) in [6.45, 7) is 0. The van der Waals surface area contributed by atoms with E-state index in [0.29, 0.717) is 18.6 Å². The van der Waals surface area contributed by atoms with E-state index in [4.69, 9.17) is 0 Å². The first-order chi connectivity index (χ1) is 8.63. The zero-order valence-electron chi connectivity index (χ0n) is 11.4. The molecule has 1 aliphatic carbocycles. The van der Waals surface area contributed by atoms with Gasteiger partial charge in [0.1, 0.15) is 5.78 Å². The van der Waals surface area contributed by atoms with E-state index in [9.17, 15) is 4.79 Å². The molecule has 100 valence electrons. The second-order valence-electron chi connectivity index (χ2n) is 5.51. The molecule has 0 aromatic carbocycles. The third kappa shape index (κ3) is 3.19. The summed E-state index contributed by atoms with van der Waals surface area (Å²) in [5.41, 5.74) is 1.07. The first kappa shape index (κ1) is 13.3. The predicted molar refractivity (Wildman–Crippen MR) is 71.4 cm³/mol. The van der Waals surface area contributed by atoms with Crippen LogP contribution in [0, 0.1) is 0 Å². The second-order valence-corrected chi connectivity index (χ2v) is 5.51. The van der Waals surface area contributed by atoms with Crippen LogP contribution in [0.25, 0.3) is 0 Å². The summed E-state index contributed by atoms with van der Waals surface area (Å²) in [5.74, 6) is 0.319. The first-order valence-electron chi connectivity index (χ1n) is 6.82. The van der Waals surface area contributed by atoms with Gasteiger partial charge in [0.05, 0.1) is 6.20 Å². The Hall–Kier alpha value is -1.16. The molecule has 0 unspecified atom stereocenters. The lowest BCUT2D eigenvalue weighted by molar-refractivity contribution is -0.120. The number of ketones is 1. The molecule has 0 amide bonds. The molecule has 1 N–H and O–H groups in total. The number of nitrogens with zero attached hydrogens (tertiary/aromatic N) is 2. The van der Waals surface area contributed by atoms with Crippen molar-refractivity contribution in [2.75, 3.05) is 7.05 Å². The molecule has 0 radical (unpaired) electrons. The van der Waals surface area contributed by atoms with Crippen molar-refractivity contribution in [3.63, 3.8) is 0 Å². The summed E-state index contributed by atoms with van der Waals surface area (Å²) in [7, 11) is 3.87. The SMILES string of the molecule is CNC1(CC(=O)Cc2cnn(C)c2)CCCCC1. The fraction of sp³-hybridized carbons (Fsp3) is 0.714. The van der Waals surface area contributed by atoms with Crippen molar-refractivity contribution >= 4 is 5.78 Å². The minimum atomic E-state index is 0.0531. The van der Waals surface area contributed by atoms with Crippen LogP contribution in [0.3, 0.4) is 0 Å². The van der Waals surface area contributed by atoms with E-state index < -0.39 is 0 Å². The Labute approximate surface area is 109 Å². The summed E-state index contributed by atoms with van der Waals surface area (Å²) < 4.78 is 1.75. The average Bonchev–Trinajstić information content (AvgIpc) is 2.75. The summed E-state index contributed by atoms with van der Waals surface area (Å²) in [6.07, 6.45) is 10.9. The molecule has 2 rings (SSSR count). The van der Waals surface area contributed by atoms with Gasteiger partial charge < -0.3 is 5.32 Å². The third-order valence-corrected chi connectivity index (χ3v) is 4.04. The van der Waals surface area contributed by atoms with Crippen LogP contribution in [0.1, 0.15) is 44.1 Å². The number of carbonyl (C=O) groups excluding carboxylic acids is 1. The Balaban J connectivity index is 1.93. The Morgan fingerprint density at radius 3 is 2.72 bits per heavy atom. The van der Waals surface area contributed by atoms with Gasteiger partial charge in [-0.1, -0.05) is 19.3 Å². The number of rotatable bonds is 5. The summed E-state index contributed by atoms with van der Waals surface area (Å²) in [6, 6.07) is 0. The highest BCUT2D eigenvalue weighted by atomic mass is 16.1. The van der Waals surface area contributed by atoms with Crippen molar-refractivity contribution in [2.24, 2.45) is 7.05 Å². The molecule has 0 saturated heterocycles. The van der Waals surface area contributed by atoms with Gasteiger partial charge in [0, 0.05) is 31.6 Å². The van der Waals surface area contributed by atoms with E-state index in [0.717, 1.165) is 18.4 Å². The van der Waals surface area contributed by atoms with Crippen molar-refractivity contribution in [2.45, 2.75) is 50.5 Å². The summed E-state index contributed by atoms with van der Waals surface area (Å²) in [5, 5.41) is 7.50. The lowest BCUT2D eigenvalue weighted by Gasteiger charge is -2.36. The monoisotopic (exact) mass is 249 g/mol. The van der Waals surface area contributed by atoms with Gasteiger partial charge >= 0.3 is 0 Å². The van der Waals surface area contributed by atoms with Gasteiger partial charge in [-0.2, -0.15) is 5.10 Å². The Morgan fingerprint density at radius 1 is 1.44 bits per heavy atom. The Bertz CT molecular complexity index is 405. The molecule has 0 aliphatic heterocycles. The fourth-order valence-electron chi connectivity index (χ4n) is 2.97. The van der Waals surface area contributed by atoms with Gasteiger partial charge in [-0.15, -0.1) is 0 Å². The molecule has 4 nitrogen and oxygen atoms in total. The lowest BCUT2D eigenvalue weighted by Crippen LogP contribution is -2.46. The van der Waals surface area contributed by atoms with Crippen LogP contribution in [-0.2, 0) is 18.3 Å². The number of carbonyl (C=O) groups is 1. The van der Waals surface area contributed by atoms with Gasteiger partial charge in [0.25, 0.3) is 0 Å². The van der Waals surface area contributed by atoms with Crippen LogP contribution in [0.15, 0.2) is 12.4 Å². The highest BCUT2D eigenvalue weighted by Gasteiger charge is 2.32. The molecule has 1 aromatic rings. The van der Waals surface area contributed by atoms with Crippen LogP contribution >= 0.6 is 0 Å². The molecule has 4 heteroatoms. The van der Waals surface area contributed by atoms with Gasteiger partial charge in [-0.3, -0.25) is 9.48 Å². The molecule has 1 saturated carbocycles. The Morgan fingerprint density at radius 2 is 2.17 bits per heavy atom. The maximum absolute atomic E-state index is 12.2. The summed E-state index contributed by atoms with van der Waals surface area (Å²) >= 11 is 0. The van der Waals surface area contributed by atoms with Gasteiger partial charge in [-0.05, 0) is 25.5 Å². The normalized spacial score (nSPS) is 18.8. The second kappa shape index (κ2) is 5.65. The van der Waals surface area contributed by atoms with Crippen molar-refractivity contribution in [1.82, 2.24) is 15.1 Å². The zero-order valence-corrected chi connectivity index (χ0v) is 11.4. The lowest BCUT2D eigenvalue weighted by atomic mass is 9.78. The maximum atomic E-state index is 12.2.